The van der Waals surface area contributed by atoms with Gasteiger partial charge in [0, 0.05) is 23.0 Å². The fourth-order valence-electron chi connectivity index (χ4n) is 1.71. The van der Waals surface area contributed by atoms with Gasteiger partial charge in [0.1, 0.15) is 5.75 Å². The van der Waals surface area contributed by atoms with Crippen LogP contribution in [0.1, 0.15) is 13.3 Å². The van der Waals surface area contributed by atoms with E-state index in [0.29, 0.717) is 5.75 Å². The van der Waals surface area contributed by atoms with E-state index in [2.05, 4.69) is 12.2 Å². The predicted octanol–water partition coefficient (Wildman–Crippen LogP) is 3.37. The van der Waals surface area contributed by atoms with Crippen LogP contribution in [0.3, 0.4) is 0 Å². The molecule has 2 nitrogen and oxygen atoms in total. The highest BCUT2D eigenvalue weighted by Crippen LogP contribution is 2.29. The van der Waals surface area contributed by atoms with E-state index < -0.39 is 0 Å². The number of anilines is 1. The Bertz CT molecular complexity index is 465. The van der Waals surface area contributed by atoms with Crippen molar-refractivity contribution in [3.05, 3.63) is 36.4 Å². The second-order valence-electron chi connectivity index (χ2n) is 3.60. The molecule has 0 aliphatic heterocycles. The Hall–Kier alpha value is -1.70. The minimum atomic E-state index is 0.340. The van der Waals surface area contributed by atoms with Crippen molar-refractivity contribution in [2.45, 2.75) is 13.3 Å². The van der Waals surface area contributed by atoms with Crippen LogP contribution in [0.5, 0.6) is 5.75 Å². The lowest BCUT2D eigenvalue weighted by molar-refractivity contribution is 0.481. The molecule has 2 rings (SSSR count). The van der Waals surface area contributed by atoms with Crippen LogP contribution in [0.4, 0.5) is 5.69 Å². The zero-order valence-corrected chi connectivity index (χ0v) is 8.83. The first kappa shape index (κ1) is 9.84. The number of fused-ring (bicyclic) bond motifs is 1. The summed E-state index contributed by atoms with van der Waals surface area (Å²) in [6.07, 6.45) is 1.09. The fraction of sp³-hybridized carbons (Fsp3) is 0.231. The van der Waals surface area contributed by atoms with Gasteiger partial charge in [0.2, 0.25) is 0 Å². The SMILES string of the molecule is CCCNc1cccc2c(O)cccc12. The van der Waals surface area contributed by atoms with Crippen molar-refractivity contribution >= 4 is 16.5 Å². The van der Waals surface area contributed by atoms with E-state index in [9.17, 15) is 5.11 Å². The maximum absolute atomic E-state index is 9.69. The highest BCUT2D eigenvalue weighted by atomic mass is 16.3. The van der Waals surface area contributed by atoms with Crippen molar-refractivity contribution in [2.75, 3.05) is 11.9 Å². The number of hydrogen-bond donors (Lipinski definition) is 2. The molecule has 0 unspecified atom stereocenters. The Morgan fingerprint density at radius 3 is 2.60 bits per heavy atom. The summed E-state index contributed by atoms with van der Waals surface area (Å²) in [4.78, 5) is 0. The van der Waals surface area contributed by atoms with Gasteiger partial charge >= 0.3 is 0 Å². The topological polar surface area (TPSA) is 32.3 Å². The number of nitrogens with one attached hydrogen (secondary N) is 1. The summed E-state index contributed by atoms with van der Waals surface area (Å²) in [6, 6.07) is 11.5. The molecule has 2 N–H and O–H groups in total. The fourth-order valence-corrected chi connectivity index (χ4v) is 1.71. The number of rotatable bonds is 3. The van der Waals surface area contributed by atoms with Crippen molar-refractivity contribution in [3.63, 3.8) is 0 Å². The van der Waals surface area contributed by atoms with Crippen LogP contribution in [-0.2, 0) is 0 Å². The molecule has 0 atom stereocenters. The van der Waals surface area contributed by atoms with Crippen LogP contribution in [0.15, 0.2) is 36.4 Å². The van der Waals surface area contributed by atoms with Crippen molar-refractivity contribution in [1.82, 2.24) is 0 Å². The molecule has 0 radical (unpaired) electrons. The molecular weight excluding hydrogens is 186 g/mol. The molecule has 0 aliphatic carbocycles. The zero-order chi connectivity index (χ0) is 10.7. The Kier molecular flexibility index (Phi) is 2.77. The standard InChI is InChI=1S/C13H15NO/c1-2-9-14-12-7-3-6-11-10(12)5-4-8-13(11)15/h3-8,14-15H,2,9H2,1H3. The molecule has 0 saturated heterocycles. The number of hydrogen-bond acceptors (Lipinski definition) is 2. The average molecular weight is 201 g/mol. The van der Waals surface area contributed by atoms with Gasteiger partial charge in [0.25, 0.3) is 0 Å². The molecule has 78 valence electrons. The number of aromatic hydroxyl groups is 1. The Morgan fingerprint density at radius 1 is 1.07 bits per heavy atom. The lowest BCUT2D eigenvalue weighted by atomic mass is 10.1. The number of phenolic OH excluding ortho intramolecular Hbond substituents is 1. The third-order valence-corrected chi connectivity index (χ3v) is 2.46. The van der Waals surface area contributed by atoms with Gasteiger partial charge in [-0.2, -0.15) is 0 Å². The minimum absolute atomic E-state index is 0.340. The van der Waals surface area contributed by atoms with E-state index in [1.165, 1.54) is 0 Å². The van der Waals surface area contributed by atoms with Gasteiger partial charge in [-0.1, -0.05) is 31.2 Å². The van der Waals surface area contributed by atoms with Gasteiger partial charge in [0.15, 0.2) is 0 Å². The normalized spacial score (nSPS) is 10.5. The smallest absolute Gasteiger partial charge is 0.123 e. The highest BCUT2D eigenvalue weighted by Gasteiger charge is 2.02. The molecule has 2 heteroatoms. The summed E-state index contributed by atoms with van der Waals surface area (Å²) in [6.45, 7) is 3.09. The Balaban J connectivity index is 2.51. The van der Waals surface area contributed by atoms with Gasteiger partial charge in [-0.3, -0.25) is 0 Å². The highest BCUT2D eigenvalue weighted by molar-refractivity contribution is 5.97. The van der Waals surface area contributed by atoms with Crippen LogP contribution in [0.2, 0.25) is 0 Å². The first-order valence-corrected chi connectivity index (χ1v) is 5.27. The van der Waals surface area contributed by atoms with Gasteiger partial charge in [-0.25, -0.2) is 0 Å². The van der Waals surface area contributed by atoms with E-state index in [1.807, 2.05) is 30.3 Å². The van der Waals surface area contributed by atoms with Crippen LogP contribution in [0, 0.1) is 0 Å². The molecular formula is C13H15NO. The van der Waals surface area contributed by atoms with Gasteiger partial charge in [-0.05, 0) is 18.6 Å². The number of phenols is 1. The third-order valence-electron chi connectivity index (χ3n) is 2.46. The first-order valence-electron chi connectivity index (χ1n) is 5.27. The lowest BCUT2D eigenvalue weighted by Gasteiger charge is -2.09. The second-order valence-corrected chi connectivity index (χ2v) is 3.60. The van der Waals surface area contributed by atoms with Crippen molar-refractivity contribution in [1.29, 1.82) is 0 Å². The van der Waals surface area contributed by atoms with E-state index >= 15 is 0 Å². The number of benzene rings is 2. The lowest BCUT2D eigenvalue weighted by Crippen LogP contribution is -1.99. The van der Waals surface area contributed by atoms with Gasteiger partial charge in [0.05, 0.1) is 0 Å². The zero-order valence-electron chi connectivity index (χ0n) is 8.83. The van der Waals surface area contributed by atoms with Crippen LogP contribution >= 0.6 is 0 Å². The maximum Gasteiger partial charge on any atom is 0.123 e. The molecule has 0 heterocycles. The van der Waals surface area contributed by atoms with Gasteiger partial charge < -0.3 is 10.4 Å². The molecule has 15 heavy (non-hydrogen) atoms. The minimum Gasteiger partial charge on any atom is -0.507 e. The average Bonchev–Trinajstić information content (AvgIpc) is 2.27. The van der Waals surface area contributed by atoms with Crippen LogP contribution in [0.25, 0.3) is 10.8 Å². The molecule has 0 aliphatic rings. The Morgan fingerprint density at radius 2 is 1.80 bits per heavy atom. The van der Waals surface area contributed by atoms with E-state index in [4.69, 9.17) is 0 Å². The monoisotopic (exact) mass is 201 g/mol. The second kappa shape index (κ2) is 4.22. The summed E-state index contributed by atoms with van der Waals surface area (Å²) in [5.41, 5.74) is 1.09. The summed E-state index contributed by atoms with van der Waals surface area (Å²) in [5, 5.41) is 15.0. The molecule has 0 aromatic heterocycles. The first-order chi connectivity index (χ1) is 7.33. The van der Waals surface area contributed by atoms with Crippen molar-refractivity contribution < 1.29 is 5.11 Å². The quantitative estimate of drug-likeness (QED) is 0.798. The van der Waals surface area contributed by atoms with Gasteiger partial charge in [-0.15, -0.1) is 0 Å². The van der Waals surface area contributed by atoms with E-state index in [0.717, 1.165) is 29.4 Å². The molecule has 2 aromatic carbocycles. The summed E-state index contributed by atoms with van der Waals surface area (Å²) < 4.78 is 0. The molecule has 0 fully saturated rings. The maximum atomic E-state index is 9.69. The molecule has 2 aromatic rings. The molecule has 0 bridgehead atoms. The summed E-state index contributed by atoms with van der Waals surface area (Å²) in [5.74, 6) is 0.340. The largest absolute Gasteiger partial charge is 0.507 e. The molecule has 0 amide bonds. The van der Waals surface area contributed by atoms with E-state index in [-0.39, 0.29) is 0 Å². The van der Waals surface area contributed by atoms with Crippen molar-refractivity contribution in [3.8, 4) is 5.75 Å². The summed E-state index contributed by atoms with van der Waals surface area (Å²) in [7, 11) is 0. The summed E-state index contributed by atoms with van der Waals surface area (Å²) >= 11 is 0. The van der Waals surface area contributed by atoms with Crippen molar-refractivity contribution in [2.24, 2.45) is 0 Å². The molecule has 0 spiro atoms. The van der Waals surface area contributed by atoms with Crippen LogP contribution < -0.4 is 5.32 Å². The third kappa shape index (κ3) is 1.89. The molecule has 0 saturated carbocycles. The van der Waals surface area contributed by atoms with E-state index in [1.54, 1.807) is 6.07 Å². The van der Waals surface area contributed by atoms with Crippen LogP contribution in [-0.4, -0.2) is 11.7 Å². The predicted molar refractivity (Wildman–Crippen MR) is 64.4 cm³/mol. The Labute approximate surface area is 89.6 Å².